The van der Waals surface area contributed by atoms with Crippen LogP contribution >= 0.6 is 11.3 Å². The van der Waals surface area contributed by atoms with Crippen molar-refractivity contribution in [1.29, 1.82) is 0 Å². The van der Waals surface area contributed by atoms with Crippen molar-refractivity contribution in [3.63, 3.8) is 0 Å². The Kier molecular flexibility index (Phi) is 4.50. The summed E-state index contributed by atoms with van der Waals surface area (Å²) in [6, 6.07) is 18.2. The van der Waals surface area contributed by atoms with Gasteiger partial charge in [0.05, 0.1) is 5.69 Å². The molecule has 2 nitrogen and oxygen atoms in total. The molecule has 0 aliphatic rings. The second-order valence-corrected chi connectivity index (χ2v) is 4.58. The Morgan fingerprint density at radius 3 is 2.22 bits per heavy atom. The van der Waals surface area contributed by atoms with Crippen LogP contribution in [0.5, 0.6) is 0 Å². The van der Waals surface area contributed by atoms with E-state index in [0.717, 1.165) is 0 Å². The summed E-state index contributed by atoms with van der Waals surface area (Å²) in [6.07, 6.45) is 3.30. The second kappa shape index (κ2) is 6.57. The first-order chi connectivity index (χ1) is 8.86. The summed E-state index contributed by atoms with van der Waals surface area (Å²) in [7, 11) is 0. The molecule has 0 bridgehead atoms. The molecule has 0 fully saturated rings. The SMILES string of the molecule is Nc1cccnc1.c1ccc(-c2cccs2)cc1. The Hall–Kier alpha value is -2.13. The van der Waals surface area contributed by atoms with E-state index in [9.17, 15) is 0 Å². The predicted molar refractivity (Wildman–Crippen MR) is 78.4 cm³/mol. The van der Waals surface area contributed by atoms with Gasteiger partial charge in [-0.2, -0.15) is 0 Å². The van der Waals surface area contributed by atoms with Gasteiger partial charge in [0.25, 0.3) is 0 Å². The first kappa shape index (κ1) is 12.3. The minimum Gasteiger partial charge on any atom is -0.397 e. The molecule has 2 heterocycles. The largest absolute Gasteiger partial charge is 0.397 e. The summed E-state index contributed by atoms with van der Waals surface area (Å²) in [4.78, 5) is 5.10. The van der Waals surface area contributed by atoms with Crippen molar-refractivity contribution in [1.82, 2.24) is 4.98 Å². The molecular formula is C15H14N2S. The van der Waals surface area contributed by atoms with Gasteiger partial charge in [-0.1, -0.05) is 36.4 Å². The number of hydrogen-bond donors (Lipinski definition) is 1. The Morgan fingerprint density at radius 1 is 0.889 bits per heavy atom. The van der Waals surface area contributed by atoms with Gasteiger partial charge < -0.3 is 5.73 Å². The van der Waals surface area contributed by atoms with Gasteiger partial charge in [0.2, 0.25) is 0 Å². The quantitative estimate of drug-likeness (QED) is 0.710. The normalized spacial score (nSPS) is 9.33. The molecule has 3 rings (SSSR count). The van der Waals surface area contributed by atoms with Crippen LogP contribution in [0.3, 0.4) is 0 Å². The highest BCUT2D eigenvalue weighted by Gasteiger charge is 1.93. The number of rotatable bonds is 1. The van der Waals surface area contributed by atoms with E-state index in [4.69, 9.17) is 5.73 Å². The highest BCUT2D eigenvalue weighted by atomic mass is 32.1. The zero-order chi connectivity index (χ0) is 12.6. The minimum atomic E-state index is 0.711. The third-order valence-electron chi connectivity index (χ3n) is 2.26. The number of hydrogen-bond acceptors (Lipinski definition) is 3. The van der Waals surface area contributed by atoms with Crippen LogP contribution in [0, 0.1) is 0 Å². The molecule has 0 radical (unpaired) electrons. The lowest BCUT2D eigenvalue weighted by molar-refractivity contribution is 1.33. The van der Waals surface area contributed by atoms with Crippen LogP contribution in [0.15, 0.2) is 72.4 Å². The van der Waals surface area contributed by atoms with E-state index in [1.165, 1.54) is 10.4 Å². The molecule has 0 saturated carbocycles. The van der Waals surface area contributed by atoms with Gasteiger partial charge in [0.15, 0.2) is 0 Å². The van der Waals surface area contributed by atoms with E-state index in [2.05, 4.69) is 46.8 Å². The monoisotopic (exact) mass is 254 g/mol. The number of pyridine rings is 1. The number of thiophene rings is 1. The first-order valence-electron chi connectivity index (χ1n) is 5.60. The van der Waals surface area contributed by atoms with Crippen LogP contribution in [-0.2, 0) is 0 Å². The lowest BCUT2D eigenvalue weighted by Crippen LogP contribution is -1.82. The summed E-state index contributed by atoms with van der Waals surface area (Å²) in [5.41, 5.74) is 7.31. The van der Waals surface area contributed by atoms with Crippen molar-refractivity contribution in [2.24, 2.45) is 0 Å². The molecule has 3 aromatic rings. The molecule has 0 saturated heterocycles. The van der Waals surface area contributed by atoms with E-state index in [0.29, 0.717) is 5.69 Å². The molecule has 0 atom stereocenters. The highest BCUT2D eigenvalue weighted by Crippen LogP contribution is 2.23. The molecule has 90 valence electrons. The lowest BCUT2D eigenvalue weighted by atomic mass is 10.2. The molecule has 2 aromatic heterocycles. The first-order valence-corrected chi connectivity index (χ1v) is 6.48. The Bertz CT molecular complexity index is 548. The molecule has 3 heteroatoms. The van der Waals surface area contributed by atoms with Crippen LogP contribution in [0.4, 0.5) is 5.69 Å². The van der Waals surface area contributed by atoms with Crippen LogP contribution in [0.1, 0.15) is 0 Å². The van der Waals surface area contributed by atoms with Crippen molar-refractivity contribution in [2.45, 2.75) is 0 Å². The van der Waals surface area contributed by atoms with Crippen molar-refractivity contribution < 1.29 is 0 Å². The maximum Gasteiger partial charge on any atom is 0.0500 e. The number of nitrogens with two attached hydrogens (primary N) is 1. The summed E-state index contributed by atoms with van der Waals surface area (Å²) in [5.74, 6) is 0. The molecule has 0 amide bonds. The third-order valence-corrected chi connectivity index (χ3v) is 3.18. The molecule has 2 N–H and O–H groups in total. The fourth-order valence-corrected chi connectivity index (χ4v) is 2.15. The van der Waals surface area contributed by atoms with Crippen molar-refractivity contribution in [3.05, 3.63) is 72.4 Å². The average molecular weight is 254 g/mol. The number of nitrogen functional groups attached to an aromatic ring is 1. The molecule has 1 aromatic carbocycles. The minimum absolute atomic E-state index is 0.711. The van der Waals surface area contributed by atoms with E-state index >= 15 is 0 Å². The van der Waals surface area contributed by atoms with Crippen molar-refractivity contribution in [3.8, 4) is 10.4 Å². The topological polar surface area (TPSA) is 38.9 Å². The van der Waals surface area contributed by atoms with E-state index < -0.39 is 0 Å². The number of benzene rings is 1. The second-order valence-electron chi connectivity index (χ2n) is 3.63. The number of anilines is 1. The molecule has 0 unspecified atom stereocenters. The van der Waals surface area contributed by atoms with Crippen LogP contribution in [0.2, 0.25) is 0 Å². The maximum absolute atomic E-state index is 5.30. The number of aromatic nitrogens is 1. The zero-order valence-corrected chi connectivity index (χ0v) is 10.7. The summed E-state index contributed by atoms with van der Waals surface area (Å²) in [5, 5.41) is 2.10. The highest BCUT2D eigenvalue weighted by molar-refractivity contribution is 7.13. The van der Waals surface area contributed by atoms with Gasteiger partial charge in [-0.05, 0) is 29.1 Å². The molecule has 0 aliphatic heterocycles. The number of nitrogens with zero attached hydrogens (tertiary/aromatic N) is 1. The fraction of sp³-hybridized carbons (Fsp3) is 0. The molecular weight excluding hydrogens is 240 g/mol. The van der Waals surface area contributed by atoms with Crippen LogP contribution < -0.4 is 5.73 Å². The van der Waals surface area contributed by atoms with Gasteiger partial charge in [-0.25, -0.2) is 0 Å². The third kappa shape index (κ3) is 3.71. The lowest BCUT2D eigenvalue weighted by Gasteiger charge is -1.93. The standard InChI is InChI=1S/C10H8S.C5H6N2/c1-2-5-9(6-3-1)10-7-4-8-11-10;6-5-2-1-3-7-4-5/h1-8H;1-4H,6H2. The van der Waals surface area contributed by atoms with Gasteiger partial charge in [-0.15, -0.1) is 11.3 Å². The molecule has 0 aliphatic carbocycles. The summed E-state index contributed by atoms with van der Waals surface area (Å²) >= 11 is 1.78. The van der Waals surface area contributed by atoms with Gasteiger partial charge in [0.1, 0.15) is 0 Å². The fourth-order valence-electron chi connectivity index (χ4n) is 1.42. The van der Waals surface area contributed by atoms with Crippen LogP contribution in [0.25, 0.3) is 10.4 Å². The van der Waals surface area contributed by atoms with Gasteiger partial charge in [0, 0.05) is 17.3 Å². The van der Waals surface area contributed by atoms with Crippen molar-refractivity contribution in [2.75, 3.05) is 5.73 Å². The van der Waals surface area contributed by atoms with Gasteiger partial charge in [-0.3, -0.25) is 4.98 Å². The zero-order valence-electron chi connectivity index (χ0n) is 9.86. The summed E-state index contributed by atoms with van der Waals surface area (Å²) in [6.45, 7) is 0. The van der Waals surface area contributed by atoms with E-state index in [-0.39, 0.29) is 0 Å². The van der Waals surface area contributed by atoms with Gasteiger partial charge >= 0.3 is 0 Å². The molecule has 0 spiro atoms. The summed E-state index contributed by atoms with van der Waals surface area (Å²) < 4.78 is 0. The predicted octanol–water partition coefficient (Wildman–Crippen LogP) is 4.08. The maximum atomic E-state index is 5.30. The average Bonchev–Trinajstić information content (AvgIpc) is 2.95. The Balaban J connectivity index is 0.000000149. The molecule has 18 heavy (non-hydrogen) atoms. The van der Waals surface area contributed by atoms with E-state index in [1.807, 2.05) is 6.07 Å². The van der Waals surface area contributed by atoms with Crippen LogP contribution in [-0.4, -0.2) is 4.98 Å². The Labute approximate surface area is 111 Å². The Morgan fingerprint density at radius 2 is 1.72 bits per heavy atom. The van der Waals surface area contributed by atoms with E-state index in [1.54, 1.807) is 35.9 Å². The van der Waals surface area contributed by atoms with Crippen molar-refractivity contribution >= 4 is 17.0 Å². The smallest absolute Gasteiger partial charge is 0.0500 e.